The van der Waals surface area contributed by atoms with Crippen molar-refractivity contribution in [1.29, 1.82) is 0 Å². The molecule has 1 heterocycles. The summed E-state index contributed by atoms with van der Waals surface area (Å²) in [6.07, 6.45) is 2.54. The average molecular weight is 453 g/mol. The van der Waals surface area contributed by atoms with Crippen molar-refractivity contribution >= 4 is 5.97 Å². The summed E-state index contributed by atoms with van der Waals surface area (Å²) in [6.45, 7) is 1.94. The molecule has 0 aliphatic carbocycles. The fourth-order valence-electron chi connectivity index (χ4n) is 4.12. The van der Waals surface area contributed by atoms with Gasteiger partial charge in [0.1, 0.15) is 5.75 Å². The number of aromatic nitrogens is 2. The second kappa shape index (κ2) is 11.2. The van der Waals surface area contributed by atoms with Gasteiger partial charge < -0.3 is 4.74 Å². The number of ether oxygens (including phenoxy) is 1. The molecule has 34 heavy (non-hydrogen) atoms. The minimum atomic E-state index is -0.327. The summed E-state index contributed by atoms with van der Waals surface area (Å²) in [4.78, 5) is 23.7. The first-order valence-corrected chi connectivity index (χ1v) is 11.6. The minimum Gasteiger partial charge on any atom is -0.427 e. The molecule has 0 aliphatic heterocycles. The van der Waals surface area contributed by atoms with Gasteiger partial charge in [0.15, 0.2) is 0 Å². The molecule has 3 aromatic carbocycles. The highest BCUT2D eigenvalue weighted by molar-refractivity contribution is 5.69. The topological polar surface area (TPSA) is 61.2 Å². The largest absolute Gasteiger partial charge is 0.427 e. The lowest BCUT2D eigenvalue weighted by atomic mass is 9.88. The molecule has 0 atom stereocenters. The number of carbonyl (C=O) groups is 1. The van der Waals surface area contributed by atoms with Gasteiger partial charge in [0.2, 0.25) is 0 Å². The van der Waals surface area contributed by atoms with Crippen molar-refractivity contribution in [2.45, 2.75) is 38.6 Å². The molecule has 5 nitrogen and oxygen atoms in total. The normalized spacial score (nSPS) is 10.9. The monoisotopic (exact) mass is 452 g/mol. The maximum absolute atomic E-state index is 12.5. The summed E-state index contributed by atoms with van der Waals surface area (Å²) in [7, 11) is 0. The zero-order chi connectivity index (χ0) is 23.8. The Labute approximate surface area is 199 Å². The van der Waals surface area contributed by atoms with E-state index in [9.17, 15) is 9.59 Å². The lowest BCUT2D eigenvalue weighted by Gasteiger charge is -2.18. The summed E-state index contributed by atoms with van der Waals surface area (Å²) >= 11 is 0. The van der Waals surface area contributed by atoms with E-state index in [1.807, 2.05) is 60.7 Å². The molecule has 4 rings (SSSR count). The highest BCUT2D eigenvalue weighted by atomic mass is 16.5. The number of aryl methyl sites for hydroxylation is 2. The van der Waals surface area contributed by atoms with Crippen LogP contribution in [0.3, 0.4) is 0 Å². The number of nitrogens with zero attached hydrogens (tertiary/aromatic N) is 2. The predicted octanol–water partition coefficient (Wildman–Crippen LogP) is 5.37. The van der Waals surface area contributed by atoms with Gasteiger partial charge in [0.25, 0.3) is 5.56 Å². The highest BCUT2D eigenvalue weighted by Crippen LogP contribution is 2.30. The molecule has 0 bridgehead atoms. The van der Waals surface area contributed by atoms with Crippen molar-refractivity contribution in [3.8, 4) is 5.75 Å². The summed E-state index contributed by atoms with van der Waals surface area (Å²) < 4.78 is 6.73. The molecule has 0 saturated carbocycles. The fraction of sp³-hybridized carbons (Fsp3) is 0.207. The van der Waals surface area contributed by atoms with Gasteiger partial charge in [0, 0.05) is 19.5 Å². The zero-order valence-electron chi connectivity index (χ0n) is 19.3. The van der Waals surface area contributed by atoms with Crippen molar-refractivity contribution in [1.82, 2.24) is 9.78 Å². The average Bonchev–Trinajstić information content (AvgIpc) is 2.85. The van der Waals surface area contributed by atoms with Crippen molar-refractivity contribution in [3.05, 3.63) is 130 Å². The molecular weight excluding hydrogens is 424 g/mol. The number of esters is 1. The van der Waals surface area contributed by atoms with Gasteiger partial charge in [-0.2, -0.15) is 5.10 Å². The molecule has 4 aromatic rings. The highest BCUT2D eigenvalue weighted by Gasteiger charge is 2.19. The van der Waals surface area contributed by atoms with E-state index < -0.39 is 0 Å². The molecule has 0 fully saturated rings. The summed E-state index contributed by atoms with van der Waals surface area (Å²) in [5.74, 6) is 0.188. The quantitative estimate of drug-likeness (QED) is 0.195. The standard InChI is InChI=1S/C29H28N2O3/c1-22(32)34-26-17-10-12-23(21-26)11-8-9-20-31-28(33)19-18-27(30-31)29(24-13-4-2-5-14-24)25-15-6-3-7-16-25/h2-7,10,12-19,21,29H,8-9,11,20H2,1H3. The minimum absolute atomic E-state index is 0.0433. The molecular formula is C29H28N2O3. The molecule has 0 amide bonds. The molecule has 0 aliphatic rings. The number of rotatable bonds is 9. The second-order valence-corrected chi connectivity index (χ2v) is 8.27. The van der Waals surface area contributed by atoms with Crippen LogP contribution in [0.4, 0.5) is 0 Å². The second-order valence-electron chi connectivity index (χ2n) is 8.27. The van der Waals surface area contributed by atoms with E-state index in [-0.39, 0.29) is 17.4 Å². The molecule has 0 N–H and O–H groups in total. The van der Waals surface area contributed by atoms with E-state index >= 15 is 0 Å². The first-order chi connectivity index (χ1) is 16.6. The van der Waals surface area contributed by atoms with Crippen LogP contribution in [0.1, 0.15) is 48.1 Å². The molecule has 0 saturated heterocycles. The predicted molar refractivity (Wildman–Crippen MR) is 133 cm³/mol. The Kier molecular flexibility index (Phi) is 7.66. The third-order valence-electron chi connectivity index (χ3n) is 5.69. The van der Waals surface area contributed by atoms with Gasteiger partial charge >= 0.3 is 5.97 Å². The van der Waals surface area contributed by atoms with Crippen LogP contribution in [0.25, 0.3) is 0 Å². The maximum atomic E-state index is 12.5. The number of carbonyl (C=O) groups excluding carboxylic acids is 1. The number of hydrogen-bond donors (Lipinski definition) is 0. The smallest absolute Gasteiger partial charge is 0.308 e. The van der Waals surface area contributed by atoms with Gasteiger partial charge in [-0.05, 0) is 54.2 Å². The number of benzene rings is 3. The lowest BCUT2D eigenvalue weighted by Crippen LogP contribution is -2.24. The van der Waals surface area contributed by atoms with Crippen LogP contribution in [-0.2, 0) is 17.8 Å². The van der Waals surface area contributed by atoms with E-state index in [2.05, 4.69) is 24.3 Å². The summed E-state index contributed by atoms with van der Waals surface area (Å²) in [5, 5.41) is 4.76. The zero-order valence-corrected chi connectivity index (χ0v) is 19.3. The Balaban J connectivity index is 1.47. The fourth-order valence-corrected chi connectivity index (χ4v) is 4.12. The maximum Gasteiger partial charge on any atom is 0.308 e. The van der Waals surface area contributed by atoms with Crippen LogP contribution < -0.4 is 10.3 Å². The Morgan fingerprint density at radius 1 is 0.853 bits per heavy atom. The van der Waals surface area contributed by atoms with E-state index in [0.717, 1.165) is 41.6 Å². The lowest BCUT2D eigenvalue weighted by molar-refractivity contribution is -0.131. The van der Waals surface area contributed by atoms with Crippen molar-refractivity contribution in [2.75, 3.05) is 0 Å². The molecule has 1 aromatic heterocycles. The molecule has 172 valence electrons. The number of unbranched alkanes of at least 4 members (excludes halogenated alkanes) is 1. The van der Waals surface area contributed by atoms with E-state index in [4.69, 9.17) is 9.84 Å². The SMILES string of the molecule is CC(=O)Oc1cccc(CCCCn2nc(C(c3ccccc3)c3ccccc3)ccc2=O)c1. The van der Waals surface area contributed by atoms with Crippen molar-refractivity contribution in [2.24, 2.45) is 0 Å². The van der Waals surface area contributed by atoms with E-state index in [0.29, 0.717) is 12.3 Å². The molecule has 5 heteroatoms. The van der Waals surface area contributed by atoms with Gasteiger partial charge in [-0.3, -0.25) is 9.59 Å². The van der Waals surface area contributed by atoms with Crippen molar-refractivity contribution in [3.63, 3.8) is 0 Å². The van der Waals surface area contributed by atoms with Crippen LogP contribution in [0.2, 0.25) is 0 Å². The van der Waals surface area contributed by atoms with Crippen LogP contribution in [0.15, 0.2) is 102 Å². The van der Waals surface area contributed by atoms with Crippen LogP contribution in [0.5, 0.6) is 5.75 Å². The number of hydrogen-bond acceptors (Lipinski definition) is 4. The van der Waals surface area contributed by atoms with Gasteiger partial charge in [-0.1, -0.05) is 72.8 Å². The summed E-state index contributed by atoms with van der Waals surface area (Å²) in [5.41, 5.74) is 4.13. The molecule has 0 spiro atoms. The van der Waals surface area contributed by atoms with Gasteiger partial charge in [-0.15, -0.1) is 0 Å². The first kappa shape index (κ1) is 23.2. The van der Waals surface area contributed by atoms with Gasteiger partial charge in [-0.25, -0.2) is 4.68 Å². The summed E-state index contributed by atoms with van der Waals surface area (Å²) in [6, 6.07) is 31.5. The Morgan fingerprint density at radius 2 is 1.53 bits per heavy atom. The molecule has 0 radical (unpaired) electrons. The van der Waals surface area contributed by atoms with Gasteiger partial charge in [0.05, 0.1) is 11.6 Å². The molecule has 0 unspecified atom stereocenters. The Morgan fingerprint density at radius 3 is 2.18 bits per heavy atom. The Hall–Kier alpha value is -3.99. The van der Waals surface area contributed by atoms with Crippen molar-refractivity contribution < 1.29 is 9.53 Å². The third kappa shape index (κ3) is 6.07. The van der Waals surface area contributed by atoms with Crippen LogP contribution in [-0.4, -0.2) is 15.7 Å². The van der Waals surface area contributed by atoms with E-state index in [1.165, 1.54) is 6.92 Å². The van der Waals surface area contributed by atoms with E-state index in [1.54, 1.807) is 16.8 Å². The van der Waals surface area contributed by atoms with Crippen LogP contribution in [0, 0.1) is 0 Å². The third-order valence-corrected chi connectivity index (χ3v) is 5.69. The van der Waals surface area contributed by atoms with Crippen LogP contribution >= 0.6 is 0 Å². The first-order valence-electron chi connectivity index (χ1n) is 11.6. The Bertz CT molecular complexity index is 1240.